The molecule has 10 heteroatoms. The molecule has 1 N–H and O–H groups in total. The molecule has 144 valence electrons. The third-order valence-electron chi connectivity index (χ3n) is 4.11. The molecule has 1 unspecified atom stereocenters. The van der Waals surface area contributed by atoms with Crippen molar-refractivity contribution in [3.63, 3.8) is 0 Å². The molecule has 2 heterocycles. The standard InChI is InChI=1S/C18H13F4N5O/c1-9-5-15(13-4-3-12(19)6-11(13)7-23)26-16-14(8-24-27(9)16)17(28)25-10(2)18(20,21)22/h3-6,8,10H,1-2H3,(H,25,28). The largest absolute Gasteiger partial charge is 0.408 e. The third kappa shape index (κ3) is 3.51. The van der Waals surface area contributed by atoms with E-state index in [4.69, 9.17) is 0 Å². The average molecular weight is 391 g/mol. The SMILES string of the molecule is Cc1cc(-c2ccc(F)cc2C#N)nc2c(C(=O)NC(C)C(F)(F)F)cnn12. The van der Waals surface area contributed by atoms with Crippen molar-refractivity contribution in [2.24, 2.45) is 0 Å². The number of alkyl halides is 3. The van der Waals surface area contributed by atoms with Crippen molar-refractivity contribution in [1.29, 1.82) is 5.26 Å². The Morgan fingerprint density at radius 1 is 1.32 bits per heavy atom. The van der Waals surface area contributed by atoms with Crippen molar-refractivity contribution < 1.29 is 22.4 Å². The number of rotatable bonds is 3. The van der Waals surface area contributed by atoms with Gasteiger partial charge in [-0.3, -0.25) is 4.79 Å². The first-order valence-electron chi connectivity index (χ1n) is 8.05. The van der Waals surface area contributed by atoms with Crippen LogP contribution >= 0.6 is 0 Å². The molecule has 0 bridgehead atoms. The Morgan fingerprint density at radius 2 is 2.04 bits per heavy atom. The van der Waals surface area contributed by atoms with E-state index in [9.17, 15) is 27.6 Å². The fraction of sp³-hybridized carbons (Fsp3) is 0.222. The highest BCUT2D eigenvalue weighted by Crippen LogP contribution is 2.25. The lowest BCUT2D eigenvalue weighted by molar-refractivity contribution is -0.149. The third-order valence-corrected chi connectivity index (χ3v) is 4.11. The summed E-state index contributed by atoms with van der Waals surface area (Å²) in [5.74, 6) is -1.58. The van der Waals surface area contributed by atoms with Gasteiger partial charge in [0.25, 0.3) is 5.91 Å². The second-order valence-electron chi connectivity index (χ2n) is 6.11. The molecule has 0 saturated heterocycles. The quantitative estimate of drug-likeness (QED) is 0.694. The summed E-state index contributed by atoms with van der Waals surface area (Å²) >= 11 is 0. The molecule has 0 aliphatic carbocycles. The minimum atomic E-state index is -4.59. The first-order chi connectivity index (χ1) is 13.1. The van der Waals surface area contributed by atoms with Gasteiger partial charge in [-0.2, -0.15) is 23.5 Å². The summed E-state index contributed by atoms with van der Waals surface area (Å²) in [6.45, 7) is 2.48. The lowest BCUT2D eigenvalue weighted by Gasteiger charge is -2.16. The van der Waals surface area contributed by atoms with Crippen LogP contribution in [0.2, 0.25) is 0 Å². The number of aryl methyl sites for hydroxylation is 1. The van der Waals surface area contributed by atoms with Gasteiger partial charge >= 0.3 is 6.18 Å². The smallest absolute Gasteiger partial charge is 0.340 e. The lowest BCUT2D eigenvalue weighted by Crippen LogP contribution is -2.43. The maximum atomic E-state index is 13.4. The Balaban J connectivity index is 2.10. The predicted molar refractivity (Wildman–Crippen MR) is 90.8 cm³/mol. The van der Waals surface area contributed by atoms with Gasteiger partial charge in [-0.1, -0.05) is 0 Å². The number of carbonyl (C=O) groups is 1. The maximum absolute atomic E-state index is 13.4. The van der Waals surface area contributed by atoms with Crippen LogP contribution in [0.3, 0.4) is 0 Å². The van der Waals surface area contributed by atoms with Crippen LogP contribution in [0, 0.1) is 24.1 Å². The van der Waals surface area contributed by atoms with E-state index in [-0.39, 0.29) is 22.5 Å². The summed E-state index contributed by atoms with van der Waals surface area (Å²) in [5.41, 5.74) is 1.02. The summed E-state index contributed by atoms with van der Waals surface area (Å²) < 4.78 is 52.8. The zero-order valence-electron chi connectivity index (χ0n) is 14.7. The van der Waals surface area contributed by atoms with Crippen LogP contribution in [-0.2, 0) is 0 Å². The number of carbonyl (C=O) groups excluding carboxylic acids is 1. The normalized spacial score (nSPS) is 12.6. The van der Waals surface area contributed by atoms with Crippen LogP contribution in [0.25, 0.3) is 16.9 Å². The molecule has 0 fully saturated rings. The Kier molecular flexibility index (Phi) is 4.77. The van der Waals surface area contributed by atoms with Crippen molar-refractivity contribution in [2.75, 3.05) is 0 Å². The molecule has 1 aromatic carbocycles. The molecule has 1 amide bonds. The molecule has 0 aliphatic heterocycles. The monoisotopic (exact) mass is 391 g/mol. The second kappa shape index (κ2) is 6.92. The fourth-order valence-electron chi connectivity index (χ4n) is 2.60. The van der Waals surface area contributed by atoms with Gasteiger partial charge in [0, 0.05) is 11.3 Å². The Labute approximate surface area is 156 Å². The van der Waals surface area contributed by atoms with Crippen LogP contribution in [-0.4, -0.2) is 32.7 Å². The molecule has 3 aromatic rings. The van der Waals surface area contributed by atoms with Crippen LogP contribution in [0.1, 0.15) is 28.5 Å². The van der Waals surface area contributed by atoms with E-state index in [2.05, 4.69) is 10.1 Å². The van der Waals surface area contributed by atoms with Crippen LogP contribution in [0.15, 0.2) is 30.5 Å². The lowest BCUT2D eigenvalue weighted by atomic mass is 10.0. The number of nitrogens with one attached hydrogen (secondary N) is 1. The topological polar surface area (TPSA) is 83.1 Å². The molecule has 0 radical (unpaired) electrons. The Hall–Kier alpha value is -3.48. The summed E-state index contributed by atoms with van der Waals surface area (Å²) in [6, 6.07) is 4.97. The highest BCUT2D eigenvalue weighted by Gasteiger charge is 2.37. The second-order valence-corrected chi connectivity index (χ2v) is 6.11. The van der Waals surface area contributed by atoms with Gasteiger partial charge in [0.05, 0.1) is 23.5 Å². The van der Waals surface area contributed by atoms with E-state index in [0.717, 1.165) is 25.3 Å². The number of nitriles is 1. The van der Waals surface area contributed by atoms with Gasteiger partial charge in [-0.15, -0.1) is 0 Å². The minimum absolute atomic E-state index is 0.0232. The van der Waals surface area contributed by atoms with Gasteiger partial charge in [0.2, 0.25) is 0 Å². The summed E-state index contributed by atoms with van der Waals surface area (Å²) in [7, 11) is 0. The summed E-state index contributed by atoms with van der Waals surface area (Å²) in [6.07, 6.45) is -3.48. The zero-order valence-corrected chi connectivity index (χ0v) is 14.7. The number of amides is 1. The van der Waals surface area contributed by atoms with Gasteiger partial charge < -0.3 is 5.32 Å². The molecule has 3 rings (SSSR count). The molecule has 2 aromatic heterocycles. The van der Waals surface area contributed by atoms with E-state index >= 15 is 0 Å². The number of hydrogen-bond donors (Lipinski definition) is 1. The van der Waals surface area contributed by atoms with Crippen LogP contribution in [0.4, 0.5) is 17.6 Å². The van der Waals surface area contributed by atoms with Gasteiger partial charge in [-0.05, 0) is 38.1 Å². The number of benzene rings is 1. The first-order valence-corrected chi connectivity index (χ1v) is 8.05. The van der Waals surface area contributed by atoms with Crippen molar-refractivity contribution in [1.82, 2.24) is 19.9 Å². The number of nitrogens with zero attached hydrogens (tertiary/aromatic N) is 4. The van der Waals surface area contributed by atoms with E-state index in [1.165, 1.54) is 10.6 Å². The molecule has 1 atom stereocenters. The van der Waals surface area contributed by atoms with Gasteiger partial charge in [0.15, 0.2) is 5.65 Å². The van der Waals surface area contributed by atoms with Crippen molar-refractivity contribution in [3.8, 4) is 17.3 Å². The molecule has 0 saturated carbocycles. The molecular formula is C18H13F4N5O. The van der Waals surface area contributed by atoms with Gasteiger partial charge in [-0.25, -0.2) is 13.9 Å². The van der Waals surface area contributed by atoms with Crippen LogP contribution < -0.4 is 5.32 Å². The zero-order chi connectivity index (χ0) is 20.6. The van der Waals surface area contributed by atoms with Crippen LogP contribution in [0.5, 0.6) is 0 Å². The van der Waals surface area contributed by atoms with E-state index in [1.54, 1.807) is 13.0 Å². The highest BCUT2D eigenvalue weighted by atomic mass is 19.4. The first kappa shape index (κ1) is 19.3. The number of fused-ring (bicyclic) bond motifs is 1. The molecule has 0 spiro atoms. The minimum Gasteiger partial charge on any atom is -0.340 e. The van der Waals surface area contributed by atoms with Crippen molar-refractivity contribution >= 4 is 11.6 Å². The number of hydrogen-bond acceptors (Lipinski definition) is 4. The van der Waals surface area contributed by atoms with E-state index < -0.39 is 23.9 Å². The van der Waals surface area contributed by atoms with E-state index in [1.807, 2.05) is 11.4 Å². The van der Waals surface area contributed by atoms with Crippen molar-refractivity contribution in [2.45, 2.75) is 26.1 Å². The van der Waals surface area contributed by atoms with E-state index in [0.29, 0.717) is 11.3 Å². The Morgan fingerprint density at radius 3 is 2.68 bits per heavy atom. The number of halogens is 4. The molecule has 0 aliphatic rings. The van der Waals surface area contributed by atoms with Gasteiger partial charge in [0.1, 0.15) is 17.4 Å². The molecular weight excluding hydrogens is 378 g/mol. The molecule has 28 heavy (non-hydrogen) atoms. The van der Waals surface area contributed by atoms with Crippen molar-refractivity contribution in [3.05, 3.63) is 53.1 Å². The Bertz CT molecular complexity index is 1110. The highest BCUT2D eigenvalue weighted by molar-refractivity contribution is 6.00. The molecule has 6 nitrogen and oxygen atoms in total. The predicted octanol–water partition coefficient (Wildman–Crippen LogP) is 3.40. The number of aromatic nitrogens is 3. The summed E-state index contributed by atoms with van der Waals surface area (Å²) in [4.78, 5) is 16.6. The fourth-order valence-corrected chi connectivity index (χ4v) is 2.60. The summed E-state index contributed by atoms with van der Waals surface area (Å²) in [5, 5.41) is 15.1. The maximum Gasteiger partial charge on any atom is 0.408 e. The average Bonchev–Trinajstić information content (AvgIpc) is 3.05.